The maximum Gasteiger partial charge on any atom is -0.0262 e. The zero-order chi connectivity index (χ0) is 14.0. The fraction of sp³-hybridized carbons (Fsp3) is 0.667. The summed E-state index contributed by atoms with van der Waals surface area (Å²) in [4.78, 5) is 0. The summed E-state index contributed by atoms with van der Waals surface area (Å²) < 4.78 is 0. The van der Waals surface area contributed by atoms with Crippen LogP contribution in [0.2, 0.25) is 0 Å². The molecule has 0 amide bonds. The van der Waals surface area contributed by atoms with E-state index in [4.69, 9.17) is 0 Å². The summed E-state index contributed by atoms with van der Waals surface area (Å²) in [5, 5.41) is 0. The van der Waals surface area contributed by atoms with Crippen molar-refractivity contribution in [3.8, 4) is 0 Å². The largest absolute Gasteiger partial charge is 0.0856 e. The third-order valence-electron chi connectivity index (χ3n) is 3.34. The molecule has 0 saturated heterocycles. The lowest BCUT2D eigenvalue weighted by Gasteiger charge is -2.05. The average Bonchev–Trinajstić information content (AvgIpc) is 2.28. The molecule has 0 rings (SSSR count). The van der Waals surface area contributed by atoms with Crippen LogP contribution >= 0.6 is 0 Å². The molecule has 0 bridgehead atoms. The van der Waals surface area contributed by atoms with Crippen molar-refractivity contribution in [1.82, 2.24) is 0 Å². The zero-order valence-corrected chi connectivity index (χ0v) is 13.3. The molecule has 0 radical (unpaired) electrons. The Kier molecular flexibility index (Phi) is 9.73. The van der Waals surface area contributed by atoms with Crippen molar-refractivity contribution in [2.24, 2.45) is 5.92 Å². The van der Waals surface area contributed by atoms with E-state index in [0.29, 0.717) is 0 Å². The number of allylic oxidation sites excluding steroid dienone is 6. The molecular formula is C18H32. The molecule has 1 unspecified atom stereocenters. The minimum Gasteiger partial charge on any atom is -0.0856 e. The summed E-state index contributed by atoms with van der Waals surface area (Å²) in [5.74, 6) is 0.729. The van der Waals surface area contributed by atoms with Crippen molar-refractivity contribution < 1.29 is 0 Å². The Morgan fingerprint density at radius 3 is 2.00 bits per heavy atom. The summed E-state index contributed by atoms with van der Waals surface area (Å²) in [6, 6.07) is 0. The molecule has 0 fully saturated rings. The third-order valence-corrected chi connectivity index (χ3v) is 3.34. The molecular weight excluding hydrogens is 216 g/mol. The van der Waals surface area contributed by atoms with Crippen molar-refractivity contribution in [2.45, 2.75) is 73.6 Å². The molecule has 0 aromatic rings. The van der Waals surface area contributed by atoms with Gasteiger partial charge in [0.25, 0.3) is 0 Å². The molecule has 0 N–H and O–H groups in total. The molecule has 0 aliphatic carbocycles. The maximum atomic E-state index is 2.42. The van der Waals surface area contributed by atoms with Gasteiger partial charge in [0.15, 0.2) is 0 Å². The monoisotopic (exact) mass is 248 g/mol. The van der Waals surface area contributed by atoms with Crippen LogP contribution < -0.4 is 0 Å². The van der Waals surface area contributed by atoms with E-state index in [-0.39, 0.29) is 0 Å². The van der Waals surface area contributed by atoms with E-state index in [0.717, 1.165) is 5.92 Å². The summed E-state index contributed by atoms with van der Waals surface area (Å²) in [6.07, 6.45) is 13.2. The van der Waals surface area contributed by atoms with Gasteiger partial charge in [-0.1, -0.05) is 55.2 Å². The normalized spacial score (nSPS) is 14.6. The van der Waals surface area contributed by atoms with Crippen LogP contribution in [-0.4, -0.2) is 0 Å². The highest BCUT2D eigenvalue weighted by Gasteiger charge is 1.95. The molecule has 0 aliphatic rings. The first-order chi connectivity index (χ1) is 8.45. The van der Waals surface area contributed by atoms with Gasteiger partial charge >= 0.3 is 0 Å². The van der Waals surface area contributed by atoms with E-state index in [2.05, 4.69) is 59.8 Å². The van der Waals surface area contributed by atoms with E-state index in [1.54, 1.807) is 0 Å². The standard InChI is InChI=1S/C18H32/c1-7-16(4)14-18(6)13-9-12-17(5)11-8-10-15(2)3/h10,12,14,16H,7-9,11,13H2,1-6H3/b17-12+,18-14+. The highest BCUT2D eigenvalue weighted by atomic mass is 14.0. The Labute approximate surface area is 115 Å². The van der Waals surface area contributed by atoms with Gasteiger partial charge in [0.1, 0.15) is 0 Å². The van der Waals surface area contributed by atoms with Crippen LogP contribution in [0.1, 0.15) is 73.6 Å². The molecule has 0 heteroatoms. The minimum atomic E-state index is 0.729. The minimum absolute atomic E-state index is 0.729. The predicted molar refractivity (Wildman–Crippen MR) is 84.9 cm³/mol. The lowest BCUT2D eigenvalue weighted by atomic mass is 10.0. The predicted octanol–water partition coefficient (Wildman–Crippen LogP) is 6.45. The first-order valence-electron chi connectivity index (χ1n) is 7.42. The van der Waals surface area contributed by atoms with Gasteiger partial charge in [0.2, 0.25) is 0 Å². The smallest absolute Gasteiger partial charge is 0.0262 e. The van der Waals surface area contributed by atoms with Crippen LogP contribution in [0.15, 0.2) is 34.9 Å². The van der Waals surface area contributed by atoms with Gasteiger partial charge in [-0.2, -0.15) is 0 Å². The molecule has 0 aliphatic heterocycles. The maximum absolute atomic E-state index is 2.42. The zero-order valence-electron chi connectivity index (χ0n) is 13.3. The van der Waals surface area contributed by atoms with Crippen molar-refractivity contribution in [3.63, 3.8) is 0 Å². The van der Waals surface area contributed by atoms with E-state index in [1.165, 1.54) is 48.8 Å². The molecule has 104 valence electrons. The van der Waals surface area contributed by atoms with Crippen LogP contribution in [0.4, 0.5) is 0 Å². The van der Waals surface area contributed by atoms with Crippen molar-refractivity contribution in [2.75, 3.05) is 0 Å². The highest BCUT2D eigenvalue weighted by molar-refractivity contribution is 5.06. The molecule has 18 heavy (non-hydrogen) atoms. The Bertz CT molecular complexity index is 298. The molecule has 0 aromatic heterocycles. The number of hydrogen-bond donors (Lipinski definition) is 0. The van der Waals surface area contributed by atoms with Crippen LogP contribution in [-0.2, 0) is 0 Å². The van der Waals surface area contributed by atoms with Gasteiger partial charge in [-0.05, 0) is 59.3 Å². The lowest BCUT2D eigenvalue weighted by molar-refractivity contribution is 0.687. The highest BCUT2D eigenvalue weighted by Crippen LogP contribution is 2.14. The molecule has 0 nitrogen and oxygen atoms in total. The van der Waals surface area contributed by atoms with E-state index < -0.39 is 0 Å². The topological polar surface area (TPSA) is 0 Å². The van der Waals surface area contributed by atoms with E-state index in [1.807, 2.05) is 0 Å². The van der Waals surface area contributed by atoms with Crippen molar-refractivity contribution >= 4 is 0 Å². The van der Waals surface area contributed by atoms with Crippen LogP contribution in [0.3, 0.4) is 0 Å². The Morgan fingerprint density at radius 1 is 0.889 bits per heavy atom. The summed E-state index contributed by atoms with van der Waals surface area (Å²) >= 11 is 0. The van der Waals surface area contributed by atoms with E-state index in [9.17, 15) is 0 Å². The van der Waals surface area contributed by atoms with Crippen LogP contribution in [0.25, 0.3) is 0 Å². The van der Waals surface area contributed by atoms with Gasteiger partial charge in [-0.3, -0.25) is 0 Å². The fourth-order valence-corrected chi connectivity index (χ4v) is 1.92. The second kappa shape index (κ2) is 10.2. The molecule has 0 heterocycles. The fourth-order valence-electron chi connectivity index (χ4n) is 1.92. The molecule has 0 saturated carbocycles. The van der Waals surface area contributed by atoms with Crippen molar-refractivity contribution in [3.05, 3.63) is 34.9 Å². The lowest BCUT2D eigenvalue weighted by Crippen LogP contribution is -1.88. The van der Waals surface area contributed by atoms with Gasteiger partial charge in [0.05, 0.1) is 0 Å². The summed E-state index contributed by atoms with van der Waals surface area (Å²) in [7, 11) is 0. The molecule has 0 spiro atoms. The van der Waals surface area contributed by atoms with Gasteiger partial charge in [-0.15, -0.1) is 0 Å². The van der Waals surface area contributed by atoms with Gasteiger partial charge < -0.3 is 0 Å². The second-order valence-electron chi connectivity index (χ2n) is 5.81. The SMILES string of the molecule is CCC(C)/C=C(\C)CC/C=C(\C)CCC=C(C)C. The Balaban J connectivity index is 3.93. The van der Waals surface area contributed by atoms with E-state index >= 15 is 0 Å². The first kappa shape index (κ1) is 17.2. The number of rotatable bonds is 8. The quantitative estimate of drug-likeness (QED) is 0.433. The molecule has 0 aromatic carbocycles. The van der Waals surface area contributed by atoms with Gasteiger partial charge in [-0.25, -0.2) is 0 Å². The summed E-state index contributed by atoms with van der Waals surface area (Å²) in [6.45, 7) is 13.4. The summed E-state index contributed by atoms with van der Waals surface area (Å²) in [5.41, 5.74) is 4.50. The Morgan fingerprint density at radius 2 is 1.44 bits per heavy atom. The molecule has 1 atom stereocenters. The first-order valence-corrected chi connectivity index (χ1v) is 7.42. The second-order valence-corrected chi connectivity index (χ2v) is 5.81. The third kappa shape index (κ3) is 10.4. The van der Waals surface area contributed by atoms with Crippen molar-refractivity contribution in [1.29, 1.82) is 0 Å². The van der Waals surface area contributed by atoms with Gasteiger partial charge in [0, 0.05) is 0 Å². The van der Waals surface area contributed by atoms with Crippen LogP contribution in [0, 0.1) is 5.92 Å². The number of hydrogen-bond acceptors (Lipinski definition) is 0. The average molecular weight is 248 g/mol. The van der Waals surface area contributed by atoms with Crippen LogP contribution in [0.5, 0.6) is 0 Å². The Hall–Kier alpha value is -0.780.